The quantitative estimate of drug-likeness (QED) is 0.767. The Bertz CT molecular complexity index is 623. The Morgan fingerprint density at radius 3 is 2.33 bits per heavy atom. The molecule has 0 aliphatic carbocycles. The predicted octanol–water partition coefficient (Wildman–Crippen LogP) is 3.45. The molecule has 0 radical (unpaired) electrons. The van der Waals surface area contributed by atoms with Crippen LogP contribution < -0.4 is 0 Å². The Morgan fingerprint density at radius 2 is 1.67 bits per heavy atom. The van der Waals surface area contributed by atoms with Gasteiger partial charge in [-0.05, 0) is 66.2 Å². The second kappa shape index (κ2) is 7.64. The van der Waals surface area contributed by atoms with Crippen molar-refractivity contribution in [2.24, 2.45) is 5.92 Å². The SMILES string of the molecule is O=C(c1cc(F)ccc1Br)N1CCC(C(=O)N2CCCCC2)CC1. The van der Waals surface area contributed by atoms with Gasteiger partial charge in [-0.3, -0.25) is 9.59 Å². The van der Waals surface area contributed by atoms with Crippen LogP contribution >= 0.6 is 15.9 Å². The van der Waals surface area contributed by atoms with Crippen LogP contribution in [0, 0.1) is 11.7 Å². The maximum Gasteiger partial charge on any atom is 0.255 e. The zero-order valence-electron chi connectivity index (χ0n) is 13.6. The maximum atomic E-state index is 13.4. The van der Waals surface area contributed by atoms with Crippen LogP contribution in [0.4, 0.5) is 4.39 Å². The topological polar surface area (TPSA) is 40.6 Å². The van der Waals surface area contributed by atoms with Crippen molar-refractivity contribution in [3.63, 3.8) is 0 Å². The number of carbonyl (C=O) groups is 2. The first-order chi connectivity index (χ1) is 11.6. The molecule has 130 valence electrons. The van der Waals surface area contributed by atoms with Crippen molar-refractivity contribution in [2.45, 2.75) is 32.1 Å². The van der Waals surface area contributed by atoms with Crippen molar-refractivity contribution >= 4 is 27.7 Å². The van der Waals surface area contributed by atoms with E-state index in [-0.39, 0.29) is 17.7 Å². The van der Waals surface area contributed by atoms with E-state index in [9.17, 15) is 14.0 Å². The molecule has 0 atom stereocenters. The highest BCUT2D eigenvalue weighted by atomic mass is 79.9. The molecule has 2 aliphatic rings. The van der Waals surface area contributed by atoms with Gasteiger partial charge in [-0.25, -0.2) is 4.39 Å². The molecular formula is C18H22BrFN2O2. The first kappa shape index (κ1) is 17.4. The number of benzene rings is 1. The summed E-state index contributed by atoms with van der Waals surface area (Å²) in [5, 5.41) is 0. The molecule has 2 fully saturated rings. The van der Waals surface area contributed by atoms with E-state index in [1.807, 2.05) is 4.90 Å². The van der Waals surface area contributed by atoms with Crippen LogP contribution in [0.25, 0.3) is 0 Å². The molecule has 0 N–H and O–H groups in total. The molecule has 2 saturated heterocycles. The molecule has 1 aromatic rings. The first-order valence-corrected chi connectivity index (χ1v) is 9.38. The molecule has 2 aliphatic heterocycles. The van der Waals surface area contributed by atoms with E-state index in [2.05, 4.69) is 15.9 Å². The lowest BCUT2D eigenvalue weighted by Gasteiger charge is -2.35. The number of hydrogen-bond acceptors (Lipinski definition) is 2. The van der Waals surface area contributed by atoms with Crippen molar-refractivity contribution in [3.8, 4) is 0 Å². The Balaban J connectivity index is 1.59. The molecule has 3 rings (SSSR count). The Kier molecular flexibility index (Phi) is 5.54. The molecule has 0 saturated carbocycles. The summed E-state index contributed by atoms with van der Waals surface area (Å²) in [7, 11) is 0. The molecule has 6 heteroatoms. The lowest BCUT2D eigenvalue weighted by atomic mass is 9.94. The maximum absolute atomic E-state index is 13.4. The van der Waals surface area contributed by atoms with Gasteiger partial charge in [0, 0.05) is 36.6 Å². The van der Waals surface area contributed by atoms with E-state index >= 15 is 0 Å². The molecule has 4 nitrogen and oxygen atoms in total. The van der Waals surface area contributed by atoms with E-state index in [0.29, 0.717) is 36.0 Å². The third-order valence-electron chi connectivity index (χ3n) is 4.96. The highest BCUT2D eigenvalue weighted by molar-refractivity contribution is 9.10. The Labute approximate surface area is 150 Å². The second-order valence-corrected chi connectivity index (χ2v) is 7.43. The van der Waals surface area contributed by atoms with Crippen molar-refractivity contribution in [1.29, 1.82) is 0 Å². The van der Waals surface area contributed by atoms with Crippen molar-refractivity contribution < 1.29 is 14.0 Å². The smallest absolute Gasteiger partial charge is 0.255 e. The zero-order chi connectivity index (χ0) is 17.1. The van der Waals surface area contributed by atoms with Crippen LogP contribution in [-0.4, -0.2) is 47.8 Å². The number of halogens is 2. The van der Waals surface area contributed by atoms with E-state index in [4.69, 9.17) is 0 Å². The van der Waals surface area contributed by atoms with Gasteiger partial charge in [-0.15, -0.1) is 0 Å². The molecule has 0 bridgehead atoms. The fourth-order valence-corrected chi connectivity index (χ4v) is 3.95. The summed E-state index contributed by atoms with van der Waals surface area (Å²) in [5.74, 6) is -0.334. The van der Waals surface area contributed by atoms with Gasteiger partial charge in [0.15, 0.2) is 0 Å². The largest absolute Gasteiger partial charge is 0.342 e. The van der Waals surface area contributed by atoms with Crippen molar-refractivity contribution in [2.75, 3.05) is 26.2 Å². The normalized spacial score (nSPS) is 19.4. The van der Waals surface area contributed by atoms with Crippen LogP contribution in [-0.2, 0) is 4.79 Å². The summed E-state index contributed by atoms with van der Waals surface area (Å²) in [6, 6.07) is 4.14. The Hall–Kier alpha value is -1.43. The first-order valence-electron chi connectivity index (χ1n) is 8.59. The summed E-state index contributed by atoms with van der Waals surface area (Å²) in [4.78, 5) is 28.9. The summed E-state index contributed by atoms with van der Waals surface area (Å²) in [6.07, 6.45) is 4.77. The standard InChI is InChI=1S/C18H22BrFN2O2/c19-16-5-4-14(20)12-15(16)18(24)22-10-6-13(7-11-22)17(23)21-8-2-1-3-9-21/h4-5,12-13H,1-3,6-11H2. The summed E-state index contributed by atoms with van der Waals surface area (Å²) in [6.45, 7) is 2.83. The summed E-state index contributed by atoms with van der Waals surface area (Å²) in [5.41, 5.74) is 0.343. The van der Waals surface area contributed by atoms with Crippen molar-refractivity contribution in [3.05, 3.63) is 34.1 Å². The van der Waals surface area contributed by atoms with Crippen LogP contribution in [0.5, 0.6) is 0 Å². The zero-order valence-corrected chi connectivity index (χ0v) is 15.2. The molecular weight excluding hydrogens is 375 g/mol. The second-order valence-electron chi connectivity index (χ2n) is 6.58. The third kappa shape index (κ3) is 3.79. The van der Waals surface area contributed by atoms with Crippen LogP contribution in [0.1, 0.15) is 42.5 Å². The molecule has 24 heavy (non-hydrogen) atoms. The van der Waals surface area contributed by atoms with Crippen LogP contribution in [0.2, 0.25) is 0 Å². The van der Waals surface area contributed by atoms with E-state index in [1.54, 1.807) is 11.0 Å². The molecule has 0 spiro atoms. The number of piperidine rings is 2. The number of likely N-dealkylation sites (tertiary alicyclic amines) is 2. The van der Waals surface area contributed by atoms with Gasteiger partial charge in [-0.2, -0.15) is 0 Å². The van der Waals surface area contributed by atoms with Gasteiger partial charge in [0.25, 0.3) is 5.91 Å². The highest BCUT2D eigenvalue weighted by Gasteiger charge is 2.31. The monoisotopic (exact) mass is 396 g/mol. The molecule has 2 amide bonds. The van der Waals surface area contributed by atoms with Gasteiger partial charge in [0.2, 0.25) is 5.91 Å². The van der Waals surface area contributed by atoms with Gasteiger partial charge in [0.1, 0.15) is 5.82 Å². The Morgan fingerprint density at radius 1 is 1.00 bits per heavy atom. The summed E-state index contributed by atoms with van der Waals surface area (Å²) < 4.78 is 14.0. The van der Waals surface area contributed by atoms with Crippen LogP contribution in [0.15, 0.2) is 22.7 Å². The van der Waals surface area contributed by atoms with Gasteiger partial charge >= 0.3 is 0 Å². The number of hydrogen-bond donors (Lipinski definition) is 0. The molecule has 2 heterocycles. The summed E-state index contributed by atoms with van der Waals surface area (Å²) >= 11 is 3.31. The average Bonchev–Trinajstić information content (AvgIpc) is 2.63. The third-order valence-corrected chi connectivity index (χ3v) is 5.65. The molecule has 1 aromatic carbocycles. The van der Waals surface area contributed by atoms with Gasteiger partial charge in [-0.1, -0.05) is 0 Å². The number of carbonyl (C=O) groups excluding carboxylic acids is 2. The average molecular weight is 397 g/mol. The van der Waals surface area contributed by atoms with E-state index in [1.165, 1.54) is 18.6 Å². The number of amides is 2. The van der Waals surface area contributed by atoms with Crippen molar-refractivity contribution in [1.82, 2.24) is 9.80 Å². The van der Waals surface area contributed by atoms with E-state index < -0.39 is 5.82 Å². The lowest BCUT2D eigenvalue weighted by Crippen LogP contribution is -2.45. The lowest BCUT2D eigenvalue weighted by molar-refractivity contribution is -0.137. The molecule has 0 aromatic heterocycles. The minimum Gasteiger partial charge on any atom is -0.342 e. The fraction of sp³-hybridized carbons (Fsp3) is 0.556. The van der Waals surface area contributed by atoms with E-state index in [0.717, 1.165) is 25.9 Å². The highest BCUT2D eigenvalue weighted by Crippen LogP contribution is 2.25. The molecule has 0 unspecified atom stereocenters. The predicted molar refractivity (Wildman–Crippen MR) is 93.2 cm³/mol. The number of rotatable bonds is 2. The van der Waals surface area contributed by atoms with Crippen LogP contribution in [0.3, 0.4) is 0 Å². The minimum atomic E-state index is -0.420. The minimum absolute atomic E-state index is 0.0168. The fourth-order valence-electron chi connectivity index (χ4n) is 3.53. The number of nitrogens with zero attached hydrogens (tertiary/aromatic N) is 2. The van der Waals surface area contributed by atoms with Gasteiger partial charge in [0.05, 0.1) is 5.56 Å². The van der Waals surface area contributed by atoms with Gasteiger partial charge < -0.3 is 9.80 Å².